The Kier molecular flexibility index (Phi) is 5.00. The zero-order valence-corrected chi connectivity index (χ0v) is 12.2. The van der Waals surface area contributed by atoms with Gasteiger partial charge in [0.25, 0.3) is 0 Å². The van der Waals surface area contributed by atoms with Gasteiger partial charge in [0.05, 0.1) is 0 Å². The molecule has 1 N–H and O–H groups in total. The minimum absolute atomic E-state index is 0.235. The Morgan fingerprint density at radius 2 is 1.63 bits per heavy atom. The quantitative estimate of drug-likeness (QED) is 0.795. The van der Waals surface area contributed by atoms with E-state index in [1.54, 1.807) is 0 Å². The van der Waals surface area contributed by atoms with Crippen LogP contribution in [0.15, 0.2) is 54.6 Å². The molecule has 100 valence electrons. The van der Waals surface area contributed by atoms with Crippen LogP contribution in [0.4, 0.5) is 0 Å². The number of hydrogen-bond donors (Lipinski definition) is 1. The lowest BCUT2D eigenvalue weighted by atomic mass is 10.0. The predicted octanol–water partition coefficient (Wildman–Crippen LogP) is 5.14. The van der Waals surface area contributed by atoms with Crippen LogP contribution in [0.25, 0.3) is 0 Å². The van der Waals surface area contributed by atoms with Gasteiger partial charge in [-0.1, -0.05) is 67.1 Å². The summed E-state index contributed by atoms with van der Waals surface area (Å²) in [6.07, 6.45) is 1.05. The Hall–Kier alpha value is -1.31. The highest BCUT2D eigenvalue weighted by molar-refractivity contribution is 6.31. The molecule has 2 aromatic rings. The summed E-state index contributed by atoms with van der Waals surface area (Å²) in [7, 11) is 0. The maximum Gasteiger partial charge on any atom is 0.0453 e. The van der Waals surface area contributed by atoms with Gasteiger partial charge < -0.3 is 5.32 Å². The molecule has 2 heteroatoms. The average Bonchev–Trinajstić information content (AvgIpc) is 2.46. The summed E-state index contributed by atoms with van der Waals surface area (Å²) >= 11 is 6.25. The van der Waals surface area contributed by atoms with Gasteiger partial charge in [-0.3, -0.25) is 0 Å². The standard InChI is InChI=1S/C17H20ClN/c1-3-17(14-9-5-4-6-10-14)19-13(2)15-11-7-8-12-16(15)18/h4-13,17,19H,3H2,1-2H3. The maximum atomic E-state index is 6.25. The minimum atomic E-state index is 0.235. The predicted molar refractivity (Wildman–Crippen MR) is 82.5 cm³/mol. The lowest BCUT2D eigenvalue weighted by Crippen LogP contribution is -2.24. The Labute approximate surface area is 120 Å². The molecule has 0 saturated heterocycles. The molecule has 0 radical (unpaired) electrons. The van der Waals surface area contributed by atoms with E-state index in [1.165, 1.54) is 5.56 Å². The molecule has 2 unspecified atom stereocenters. The highest BCUT2D eigenvalue weighted by atomic mass is 35.5. The van der Waals surface area contributed by atoms with E-state index in [-0.39, 0.29) is 6.04 Å². The Bertz CT molecular complexity index is 510. The zero-order valence-electron chi connectivity index (χ0n) is 11.4. The fraction of sp³-hybridized carbons (Fsp3) is 0.294. The van der Waals surface area contributed by atoms with Crippen LogP contribution < -0.4 is 5.32 Å². The third-order valence-corrected chi connectivity index (χ3v) is 3.78. The second-order valence-corrected chi connectivity index (χ2v) is 5.19. The Balaban J connectivity index is 2.13. The van der Waals surface area contributed by atoms with Crippen molar-refractivity contribution < 1.29 is 0 Å². The zero-order chi connectivity index (χ0) is 13.7. The molecule has 0 spiro atoms. The monoisotopic (exact) mass is 273 g/mol. The first kappa shape index (κ1) is 14.1. The first-order valence-electron chi connectivity index (χ1n) is 6.77. The third-order valence-electron chi connectivity index (χ3n) is 3.43. The number of rotatable bonds is 5. The Morgan fingerprint density at radius 3 is 2.26 bits per heavy atom. The van der Waals surface area contributed by atoms with Gasteiger partial charge in [-0.2, -0.15) is 0 Å². The van der Waals surface area contributed by atoms with E-state index in [0.29, 0.717) is 6.04 Å². The molecule has 19 heavy (non-hydrogen) atoms. The summed E-state index contributed by atoms with van der Waals surface area (Å²) in [5.41, 5.74) is 2.47. The molecule has 0 heterocycles. The van der Waals surface area contributed by atoms with Gasteiger partial charge in [0.1, 0.15) is 0 Å². The van der Waals surface area contributed by atoms with E-state index in [9.17, 15) is 0 Å². The smallest absolute Gasteiger partial charge is 0.0453 e. The van der Waals surface area contributed by atoms with Gasteiger partial charge >= 0.3 is 0 Å². The van der Waals surface area contributed by atoms with Gasteiger partial charge in [-0.15, -0.1) is 0 Å². The van der Waals surface area contributed by atoms with Crippen LogP contribution >= 0.6 is 11.6 Å². The largest absolute Gasteiger partial charge is 0.303 e. The van der Waals surface area contributed by atoms with Gasteiger partial charge in [0.15, 0.2) is 0 Å². The number of hydrogen-bond acceptors (Lipinski definition) is 1. The summed E-state index contributed by atoms with van der Waals surface area (Å²) in [5, 5.41) is 4.48. The second-order valence-electron chi connectivity index (χ2n) is 4.78. The van der Waals surface area contributed by atoms with Crippen molar-refractivity contribution in [1.29, 1.82) is 0 Å². The van der Waals surface area contributed by atoms with E-state index in [2.05, 4.69) is 49.5 Å². The molecule has 2 rings (SSSR count). The summed E-state index contributed by atoms with van der Waals surface area (Å²) in [6.45, 7) is 4.36. The van der Waals surface area contributed by atoms with Crippen molar-refractivity contribution in [2.24, 2.45) is 0 Å². The molecule has 0 saturated carbocycles. The lowest BCUT2D eigenvalue weighted by Gasteiger charge is -2.23. The van der Waals surface area contributed by atoms with Crippen LogP contribution in [0.1, 0.15) is 43.5 Å². The van der Waals surface area contributed by atoms with Crippen LogP contribution in [0, 0.1) is 0 Å². The molecule has 0 aliphatic carbocycles. The highest BCUT2D eigenvalue weighted by Crippen LogP contribution is 2.26. The molecule has 1 nitrogen and oxygen atoms in total. The maximum absolute atomic E-state index is 6.25. The van der Waals surface area contributed by atoms with E-state index < -0.39 is 0 Å². The van der Waals surface area contributed by atoms with Crippen LogP contribution in [-0.4, -0.2) is 0 Å². The van der Waals surface area contributed by atoms with Crippen molar-refractivity contribution in [1.82, 2.24) is 5.32 Å². The summed E-state index contributed by atoms with van der Waals surface area (Å²) in [4.78, 5) is 0. The van der Waals surface area contributed by atoms with Crippen molar-refractivity contribution in [3.63, 3.8) is 0 Å². The van der Waals surface area contributed by atoms with Gasteiger partial charge in [0.2, 0.25) is 0 Å². The molecular weight excluding hydrogens is 254 g/mol. The topological polar surface area (TPSA) is 12.0 Å². The van der Waals surface area contributed by atoms with Crippen LogP contribution in [0.2, 0.25) is 5.02 Å². The van der Waals surface area contributed by atoms with Gasteiger partial charge in [-0.25, -0.2) is 0 Å². The molecular formula is C17H20ClN. The fourth-order valence-electron chi connectivity index (χ4n) is 2.35. The molecule has 0 aromatic heterocycles. The second kappa shape index (κ2) is 6.74. The summed E-state index contributed by atoms with van der Waals surface area (Å²) in [6, 6.07) is 19.2. The normalized spacial score (nSPS) is 14.1. The Morgan fingerprint density at radius 1 is 1.00 bits per heavy atom. The highest BCUT2D eigenvalue weighted by Gasteiger charge is 2.15. The van der Waals surface area contributed by atoms with Crippen molar-refractivity contribution in [2.45, 2.75) is 32.4 Å². The molecule has 2 aromatic carbocycles. The number of benzene rings is 2. The number of halogens is 1. The third kappa shape index (κ3) is 3.59. The van der Waals surface area contributed by atoms with Crippen molar-refractivity contribution in [2.75, 3.05) is 0 Å². The van der Waals surface area contributed by atoms with Crippen molar-refractivity contribution in [3.8, 4) is 0 Å². The fourth-order valence-corrected chi connectivity index (χ4v) is 2.65. The van der Waals surface area contributed by atoms with E-state index in [0.717, 1.165) is 17.0 Å². The first-order valence-corrected chi connectivity index (χ1v) is 7.15. The molecule has 0 amide bonds. The summed E-state index contributed by atoms with van der Waals surface area (Å²) < 4.78 is 0. The first-order chi connectivity index (χ1) is 9.22. The molecule has 0 aliphatic heterocycles. The van der Waals surface area contributed by atoms with E-state index in [4.69, 9.17) is 11.6 Å². The van der Waals surface area contributed by atoms with Gasteiger partial charge in [-0.05, 0) is 30.5 Å². The van der Waals surface area contributed by atoms with Crippen molar-refractivity contribution in [3.05, 3.63) is 70.7 Å². The van der Waals surface area contributed by atoms with Gasteiger partial charge in [0, 0.05) is 17.1 Å². The van der Waals surface area contributed by atoms with Crippen LogP contribution in [0.3, 0.4) is 0 Å². The molecule has 0 fully saturated rings. The van der Waals surface area contributed by atoms with Crippen LogP contribution in [-0.2, 0) is 0 Å². The number of nitrogens with one attached hydrogen (secondary N) is 1. The van der Waals surface area contributed by atoms with E-state index >= 15 is 0 Å². The molecule has 2 atom stereocenters. The van der Waals surface area contributed by atoms with Crippen LogP contribution in [0.5, 0.6) is 0 Å². The summed E-state index contributed by atoms with van der Waals surface area (Å²) in [5.74, 6) is 0. The minimum Gasteiger partial charge on any atom is -0.303 e. The molecule has 0 aliphatic rings. The molecule has 0 bridgehead atoms. The average molecular weight is 274 g/mol. The van der Waals surface area contributed by atoms with Crippen molar-refractivity contribution >= 4 is 11.6 Å². The SMILES string of the molecule is CCC(NC(C)c1ccccc1Cl)c1ccccc1. The van der Waals surface area contributed by atoms with E-state index in [1.807, 2.05) is 24.3 Å². The lowest BCUT2D eigenvalue weighted by molar-refractivity contribution is 0.456.